The van der Waals surface area contributed by atoms with Gasteiger partial charge in [-0.1, -0.05) is 28.1 Å². The molecule has 0 heterocycles. The van der Waals surface area contributed by atoms with Crippen LogP contribution >= 0.6 is 15.9 Å². The number of nitrogens with one attached hydrogen (secondary N) is 1. The van der Waals surface area contributed by atoms with E-state index >= 15 is 0 Å². The first kappa shape index (κ1) is 15.0. The number of rotatable bonds is 8. The van der Waals surface area contributed by atoms with Crippen LogP contribution in [0.5, 0.6) is 0 Å². The summed E-state index contributed by atoms with van der Waals surface area (Å²) in [7, 11) is 2.22. The van der Waals surface area contributed by atoms with Crippen molar-refractivity contribution in [2.24, 2.45) is 0 Å². The summed E-state index contributed by atoms with van der Waals surface area (Å²) in [4.78, 5) is 2.44. The Morgan fingerprint density at radius 3 is 2.63 bits per heavy atom. The SMILES string of the molecule is CC(CCCNC1CC1)N(C)Cc1ccc(Br)cc1. The van der Waals surface area contributed by atoms with Gasteiger partial charge in [-0.25, -0.2) is 0 Å². The molecular weight excluding hydrogens is 300 g/mol. The molecule has 2 nitrogen and oxygen atoms in total. The maximum absolute atomic E-state index is 3.58. The Hall–Kier alpha value is -0.380. The lowest BCUT2D eigenvalue weighted by Crippen LogP contribution is -2.29. The van der Waals surface area contributed by atoms with Gasteiger partial charge in [0.25, 0.3) is 0 Å². The molecule has 2 rings (SSSR count). The number of halogens is 1. The fourth-order valence-corrected chi connectivity index (χ4v) is 2.51. The monoisotopic (exact) mass is 324 g/mol. The van der Waals surface area contributed by atoms with E-state index in [0.717, 1.165) is 17.1 Å². The van der Waals surface area contributed by atoms with Gasteiger partial charge in [0, 0.05) is 23.1 Å². The van der Waals surface area contributed by atoms with E-state index in [9.17, 15) is 0 Å². The van der Waals surface area contributed by atoms with Crippen molar-refractivity contribution < 1.29 is 0 Å². The average Bonchev–Trinajstić information content (AvgIpc) is 3.21. The van der Waals surface area contributed by atoms with Crippen molar-refractivity contribution in [2.45, 2.75) is 51.2 Å². The summed E-state index contributed by atoms with van der Waals surface area (Å²) in [6.45, 7) is 4.54. The third-order valence-electron chi connectivity index (χ3n) is 3.91. The van der Waals surface area contributed by atoms with Crippen LogP contribution in [0.4, 0.5) is 0 Å². The lowest BCUT2D eigenvalue weighted by Gasteiger charge is -2.25. The van der Waals surface area contributed by atoms with E-state index in [4.69, 9.17) is 0 Å². The third kappa shape index (κ3) is 5.64. The predicted molar refractivity (Wildman–Crippen MR) is 85.3 cm³/mol. The molecule has 3 heteroatoms. The van der Waals surface area contributed by atoms with Gasteiger partial charge in [0.2, 0.25) is 0 Å². The normalized spacial score (nSPS) is 16.8. The van der Waals surface area contributed by atoms with Crippen LogP contribution in [-0.4, -0.2) is 30.6 Å². The second-order valence-corrected chi connectivity index (χ2v) is 6.68. The molecule has 1 aromatic carbocycles. The first-order valence-corrected chi connectivity index (χ1v) is 8.12. The fraction of sp³-hybridized carbons (Fsp3) is 0.625. The summed E-state index contributed by atoms with van der Waals surface area (Å²) >= 11 is 3.48. The highest BCUT2D eigenvalue weighted by molar-refractivity contribution is 9.10. The van der Waals surface area contributed by atoms with E-state index < -0.39 is 0 Å². The molecule has 0 bridgehead atoms. The van der Waals surface area contributed by atoms with Crippen molar-refractivity contribution >= 4 is 15.9 Å². The summed E-state index contributed by atoms with van der Waals surface area (Å²) < 4.78 is 1.15. The minimum atomic E-state index is 0.643. The Morgan fingerprint density at radius 2 is 2.00 bits per heavy atom. The largest absolute Gasteiger partial charge is 0.314 e. The number of hydrogen-bond acceptors (Lipinski definition) is 2. The zero-order valence-corrected chi connectivity index (χ0v) is 13.6. The lowest BCUT2D eigenvalue weighted by atomic mass is 10.1. The summed E-state index contributed by atoms with van der Waals surface area (Å²) in [6, 6.07) is 10.1. The van der Waals surface area contributed by atoms with Crippen LogP contribution in [0.1, 0.15) is 38.2 Å². The summed E-state index contributed by atoms with van der Waals surface area (Å²) in [6.07, 6.45) is 5.33. The van der Waals surface area contributed by atoms with Crippen molar-refractivity contribution in [3.63, 3.8) is 0 Å². The first-order chi connectivity index (χ1) is 9.15. The second-order valence-electron chi connectivity index (χ2n) is 5.76. The van der Waals surface area contributed by atoms with Gasteiger partial charge in [0.1, 0.15) is 0 Å². The van der Waals surface area contributed by atoms with Crippen LogP contribution in [0.15, 0.2) is 28.7 Å². The van der Waals surface area contributed by atoms with Crippen molar-refractivity contribution in [3.05, 3.63) is 34.3 Å². The van der Waals surface area contributed by atoms with Gasteiger partial charge in [0.05, 0.1) is 0 Å². The highest BCUT2D eigenvalue weighted by atomic mass is 79.9. The zero-order chi connectivity index (χ0) is 13.7. The summed E-state index contributed by atoms with van der Waals surface area (Å²) in [5, 5.41) is 3.58. The smallest absolute Gasteiger partial charge is 0.0233 e. The highest BCUT2D eigenvalue weighted by Gasteiger charge is 2.19. The molecule has 0 aromatic heterocycles. The molecule has 0 amide bonds. The molecular formula is C16H25BrN2. The fourth-order valence-electron chi connectivity index (χ4n) is 2.25. The minimum absolute atomic E-state index is 0.643. The minimum Gasteiger partial charge on any atom is -0.314 e. The number of nitrogens with zero attached hydrogens (tertiary/aromatic N) is 1. The molecule has 1 aromatic rings. The van der Waals surface area contributed by atoms with Gasteiger partial charge >= 0.3 is 0 Å². The second kappa shape index (κ2) is 7.41. The van der Waals surface area contributed by atoms with E-state index in [-0.39, 0.29) is 0 Å². The molecule has 0 spiro atoms. The third-order valence-corrected chi connectivity index (χ3v) is 4.44. The van der Waals surface area contributed by atoms with Crippen molar-refractivity contribution in [1.29, 1.82) is 0 Å². The van der Waals surface area contributed by atoms with Gasteiger partial charge in [-0.05, 0) is 63.9 Å². The van der Waals surface area contributed by atoms with Gasteiger partial charge in [-0.2, -0.15) is 0 Å². The molecule has 1 saturated carbocycles. The molecule has 1 fully saturated rings. The topological polar surface area (TPSA) is 15.3 Å². The van der Waals surface area contributed by atoms with E-state index in [1.807, 2.05) is 0 Å². The Morgan fingerprint density at radius 1 is 1.32 bits per heavy atom. The van der Waals surface area contributed by atoms with Crippen molar-refractivity contribution in [1.82, 2.24) is 10.2 Å². The van der Waals surface area contributed by atoms with Crippen LogP contribution in [0.2, 0.25) is 0 Å². The standard InChI is InChI=1S/C16H25BrN2/c1-13(4-3-11-18-16-9-10-16)19(2)12-14-5-7-15(17)8-6-14/h5-8,13,16,18H,3-4,9-12H2,1-2H3. The van der Waals surface area contributed by atoms with Crippen LogP contribution in [-0.2, 0) is 6.54 Å². The van der Waals surface area contributed by atoms with E-state index in [2.05, 4.69) is 64.4 Å². The van der Waals surface area contributed by atoms with Gasteiger partial charge in [-0.3, -0.25) is 4.90 Å². The van der Waals surface area contributed by atoms with E-state index in [0.29, 0.717) is 6.04 Å². The first-order valence-electron chi connectivity index (χ1n) is 7.33. The average molecular weight is 325 g/mol. The Labute approximate surface area is 125 Å². The van der Waals surface area contributed by atoms with Crippen LogP contribution < -0.4 is 5.32 Å². The van der Waals surface area contributed by atoms with Gasteiger partial charge < -0.3 is 5.32 Å². The predicted octanol–water partition coefficient (Wildman–Crippen LogP) is 3.80. The maximum Gasteiger partial charge on any atom is 0.0233 e. The highest BCUT2D eigenvalue weighted by Crippen LogP contribution is 2.18. The molecule has 1 unspecified atom stereocenters. The number of hydrogen-bond donors (Lipinski definition) is 1. The van der Waals surface area contributed by atoms with Gasteiger partial charge in [0.15, 0.2) is 0 Å². The quantitative estimate of drug-likeness (QED) is 0.732. The molecule has 1 atom stereocenters. The van der Waals surface area contributed by atoms with Crippen LogP contribution in [0, 0.1) is 0 Å². The molecule has 0 saturated heterocycles. The Bertz CT molecular complexity index is 373. The number of benzene rings is 1. The summed E-state index contributed by atoms with van der Waals surface area (Å²) in [5.41, 5.74) is 1.38. The zero-order valence-electron chi connectivity index (χ0n) is 12.0. The molecule has 1 N–H and O–H groups in total. The summed E-state index contributed by atoms with van der Waals surface area (Å²) in [5.74, 6) is 0. The van der Waals surface area contributed by atoms with E-state index in [1.165, 1.54) is 37.8 Å². The van der Waals surface area contributed by atoms with Crippen molar-refractivity contribution in [3.8, 4) is 0 Å². The molecule has 0 aliphatic heterocycles. The van der Waals surface area contributed by atoms with Gasteiger partial charge in [-0.15, -0.1) is 0 Å². The molecule has 1 aliphatic rings. The molecule has 0 radical (unpaired) electrons. The van der Waals surface area contributed by atoms with E-state index in [1.54, 1.807) is 0 Å². The molecule has 1 aliphatic carbocycles. The molecule has 19 heavy (non-hydrogen) atoms. The Balaban J connectivity index is 1.65. The maximum atomic E-state index is 3.58. The van der Waals surface area contributed by atoms with Crippen molar-refractivity contribution in [2.75, 3.05) is 13.6 Å². The lowest BCUT2D eigenvalue weighted by molar-refractivity contribution is 0.234. The Kier molecular flexibility index (Phi) is 5.86. The van der Waals surface area contributed by atoms with Crippen LogP contribution in [0.3, 0.4) is 0 Å². The van der Waals surface area contributed by atoms with Crippen LogP contribution in [0.25, 0.3) is 0 Å². The molecule has 106 valence electrons.